The van der Waals surface area contributed by atoms with Gasteiger partial charge < -0.3 is 19.9 Å². The SMILES string of the molecule is CNC(=O)c1c(C)cccc1NC(=O)c1cc(C)n(-c2ccc(OC)cc2)c1C. The molecule has 2 aromatic carbocycles. The van der Waals surface area contributed by atoms with Crippen LogP contribution in [0.15, 0.2) is 48.5 Å². The molecule has 0 fully saturated rings. The number of hydrogen-bond donors (Lipinski definition) is 2. The molecule has 0 aliphatic heterocycles. The van der Waals surface area contributed by atoms with Crippen LogP contribution in [-0.4, -0.2) is 30.5 Å². The van der Waals surface area contributed by atoms with E-state index in [1.54, 1.807) is 20.2 Å². The molecule has 0 saturated heterocycles. The zero-order chi connectivity index (χ0) is 21.1. The Bertz CT molecular complexity index is 1070. The zero-order valence-electron chi connectivity index (χ0n) is 17.3. The first-order valence-corrected chi connectivity index (χ1v) is 9.33. The molecule has 0 unspecified atom stereocenters. The first-order valence-electron chi connectivity index (χ1n) is 9.33. The van der Waals surface area contributed by atoms with Crippen LogP contribution in [0, 0.1) is 20.8 Å². The number of aromatic nitrogens is 1. The van der Waals surface area contributed by atoms with Crippen LogP contribution in [-0.2, 0) is 0 Å². The van der Waals surface area contributed by atoms with E-state index in [-0.39, 0.29) is 11.8 Å². The van der Waals surface area contributed by atoms with Gasteiger partial charge in [0.1, 0.15) is 5.75 Å². The van der Waals surface area contributed by atoms with Crippen molar-refractivity contribution in [2.45, 2.75) is 20.8 Å². The van der Waals surface area contributed by atoms with Gasteiger partial charge in [-0.05, 0) is 62.7 Å². The molecule has 0 spiro atoms. The Balaban J connectivity index is 1.96. The minimum atomic E-state index is -0.256. The molecular weight excluding hydrogens is 366 g/mol. The van der Waals surface area contributed by atoms with Gasteiger partial charge in [0.2, 0.25) is 0 Å². The molecule has 3 aromatic rings. The van der Waals surface area contributed by atoms with Crippen LogP contribution in [0.1, 0.15) is 37.7 Å². The summed E-state index contributed by atoms with van der Waals surface area (Å²) in [7, 11) is 3.20. The van der Waals surface area contributed by atoms with Crippen LogP contribution in [0.25, 0.3) is 5.69 Å². The monoisotopic (exact) mass is 391 g/mol. The molecule has 0 aliphatic rings. The van der Waals surface area contributed by atoms with Crippen molar-refractivity contribution in [3.63, 3.8) is 0 Å². The third kappa shape index (κ3) is 3.87. The van der Waals surface area contributed by atoms with Gasteiger partial charge in [-0.15, -0.1) is 0 Å². The maximum absolute atomic E-state index is 13.0. The minimum absolute atomic E-state index is 0.234. The predicted molar refractivity (Wildman–Crippen MR) is 114 cm³/mol. The number of nitrogens with one attached hydrogen (secondary N) is 2. The summed E-state index contributed by atoms with van der Waals surface area (Å²) in [5, 5.41) is 5.53. The maximum atomic E-state index is 13.0. The average Bonchev–Trinajstić information content (AvgIpc) is 3.02. The Morgan fingerprint density at radius 2 is 1.66 bits per heavy atom. The third-order valence-corrected chi connectivity index (χ3v) is 4.98. The lowest BCUT2D eigenvalue weighted by atomic mass is 10.1. The fourth-order valence-electron chi connectivity index (χ4n) is 3.51. The van der Waals surface area contributed by atoms with Gasteiger partial charge in [-0.1, -0.05) is 12.1 Å². The number of anilines is 1. The molecule has 1 heterocycles. The lowest BCUT2D eigenvalue weighted by Gasteiger charge is -2.13. The molecule has 29 heavy (non-hydrogen) atoms. The van der Waals surface area contributed by atoms with Gasteiger partial charge in [-0.2, -0.15) is 0 Å². The van der Waals surface area contributed by atoms with Crippen LogP contribution >= 0.6 is 0 Å². The Morgan fingerprint density at radius 3 is 2.28 bits per heavy atom. The van der Waals surface area contributed by atoms with Gasteiger partial charge in [-0.3, -0.25) is 9.59 Å². The maximum Gasteiger partial charge on any atom is 0.257 e. The number of benzene rings is 2. The highest BCUT2D eigenvalue weighted by molar-refractivity contribution is 6.10. The summed E-state index contributed by atoms with van der Waals surface area (Å²) in [6.45, 7) is 5.70. The van der Waals surface area contributed by atoms with Crippen LogP contribution < -0.4 is 15.4 Å². The number of carbonyl (C=O) groups excluding carboxylic acids is 2. The number of hydrogen-bond acceptors (Lipinski definition) is 3. The highest BCUT2D eigenvalue weighted by Crippen LogP contribution is 2.25. The molecule has 6 nitrogen and oxygen atoms in total. The van der Waals surface area contributed by atoms with Crippen molar-refractivity contribution in [2.75, 3.05) is 19.5 Å². The number of amides is 2. The van der Waals surface area contributed by atoms with E-state index >= 15 is 0 Å². The lowest BCUT2D eigenvalue weighted by molar-refractivity contribution is 0.0963. The minimum Gasteiger partial charge on any atom is -0.497 e. The number of aryl methyl sites for hydroxylation is 2. The molecule has 1 aromatic heterocycles. The summed E-state index contributed by atoms with van der Waals surface area (Å²) < 4.78 is 7.24. The molecule has 3 rings (SSSR count). The number of ether oxygens (including phenoxy) is 1. The van der Waals surface area contributed by atoms with Crippen molar-refractivity contribution >= 4 is 17.5 Å². The van der Waals surface area contributed by atoms with E-state index in [0.717, 1.165) is 28.4 Å². The van der Waals surface area contributed by atoms with Crippen LogP contribution in [0.5, 0.6) is 5.75 Å². The van der Waals surface area contributed by atoms with Gasteiger partial charge in [0.25, 0.3) is 11.8 Å². The van der Waals surface area contributed by atoms with E-state index in [1.807, 2.05) is 67.8 Å². The fraction of sp³-hybridized carbons (Fsp3) is 0.217. The average molecular weight is 391 g/mol. The van der Waals surface area contributed by atoms with E-state index in [0.29, 0.717) is 16.8 Å². The van der Waals surface area contributed by atoms with E-state index in [2.05, 4.69) is 10.6 Å². The number of carbonyl (C=O) groups is 2. The van der Waals surface area contributed by atoms with Crippen molar-refractivity contribution in [3.8, 4) is 11.4 Å². The predicted octanol–water partition coefficient (Wildman–Crippen LogP) is 4.02. The lowest BCUT2D eigenvalue weighted by Crippen LogP contribution is -2.22. The molecule has 0 saturated carbocycles. The molecule has 150 valence electrons. The zero-order valence-corrected chi connectivity index (χ0v) is 17.3. The quantitative estimate of drug-likeness (QED) is 0.690. The summed E-state index contributed by atoms with van der Waals surface area (Å²) >= 11 is 0. The van der Waals surface area contributed by atoms with Crippen LogP contribution in [0.2, 0.25) is 0 Å². The largest absolute Gasteiger partial charge is 0.497 e. The summed E-state index contributed by atoms with van der Waals surface area (Å²) in [6.07, 6.45) is 0. The van der Waals surface area contributed by atoms with Gasteiger partial charge in [0.15, 0.2) is 0 Å². The molecule has 6 heteroatoms. The highest BCUT2D eigenvalue weighted by atomic mass is 16.5. The molecule has 2 N–H and O–H groups in total. The van der Waals surface area contributed by atoms with E-state index in [9.17, 15) is 9.59 Å². The van der Waals surface area contributed by atoms with E-state index in [1.165, 1.54) is 0 Å². The molecular formula is C23H25N3O3. The topological polar surface area (TPSA) is 72.4 Å². The first kappa shape index (κ1) is 20.2. The molecule has 0 bridgehead atoms. The van der Waals surface area contributed by atoms with Gasteiger partial charge in [0.05, 0.1) is 23.9 Å². The van der Waals surface area contributed by atoms with Crippen molar-refractivity contribution < 1.29 is 14.3 Å². The molecule has 0 atom stereocenters. The third-order valence-electron chi connectivity index (χ3n) is 4.98. The first-order chi connectivity index (χ1) is 13.9. The Labute approximate surface area is 170 Å². The second kappa shape index (κ2) is 8.22. The normalized spacial score (nSPS) is 10.5. The van der Waals surface area contributed by atoms with Crippen molar-refractivity contribution in [1.82, 2.24) is 9.88 Å². The summed E-state index contributed by atoms with van der Waals surface area (Å²) in [4.78, 5) is 25.3. The Hall–Kier alpha value is -3.54. The molecule has 0 aliphatic carbocycles. The number of rotatable bonds is 5. The second-order valence-corrected chi connectivity index (χ2v) is 6.85. The summed E-state index contributed by atoms with van der Waals surface area (Å²) in [5.74, 6) is 0.283. The smallest absolute Gasteiger partial charge is 0.257 e. The van der Waals surface area contributed by atoms with Gasteiger partial charge in [-0.25, -0.2) is 0 Å². The Morgan fingerprint density at radius 1 is 0.966 bits per heavy atom. The molecule has 0 radical (unpaired) electrons. The number of methoxy groups -OCH3 is 1. The van der Waals surface area contributed by atoms with Gasteiger partial charge >= 0.3 is 0 Å². The second-order valence-electron chi connectivity index (χ2n) is 6.85. The summed E-state index contributed by atoms with van der Waals surface area (Å²) in [6, 6.07) is 14.9. The van der Waals surface area contributed by atoms with Crippen LogP contribution in [0.4, 0.5) is 5.69 Å². The van der Waals surface area contributed by atoms with Gasteiger partial charge in [0, 0.05) is 24.1 Å². The Kier molecular flexibility index (Phi) is 5.73. The number of nitrogens with zero attached hydrogens (tertiary/aromatic N) is 1. The van der Waals surface area contributed by atoms with Crippen molar-refractivity contribution in [2.24, 2.45) is 0 Å². The van der Waals surface area contributed by atoms with E-state index in [4.69, 9.17) is 4.74 Å². The van der Waals surface area contributed by atoms with Crippen LogP contribution in [0.3, 0.4) is 0 Å². The highest BCUT2D eigenvalue weighted by Gasteiger charge is 2.20. The summed E-state index contributed by atoms with van der Waals surface area (Å²) in [5.41, 5.74) is 5.01. The van der Waals surface area contributed by atoms with Crippen molar-refractivity contribution in [1.29, 1.82) is 0 Å². The standard InChI is InChI=1S/C23H25N3O3/c1-14-7-6-8-20(21(14)23(28)24-4)25-22(27)19-13-15(2)26(16(19)3)17-9-11-18(29-5)12-10-17/h6-13H,1-5H3,(H,24,28)(H,25,27). The molecule has 2 amide bonds. The van der Waals surface area contributed by atoms with Crippen molar-refractivity contribution in [3.05, 3.63) is 76.6 Å². The fourth-order valence-corrected chi connectivity index (χ4v) is 3.51. The van der Waals surface area contributed by atoms with E-state index < -0.39 is 0 Å².